The van der Waals surface area contributed by atoms with Crippen LogP contribution in [0.5, 0.6) is 5.75 Å². The van der Waals surface area contributed by atoms with Gasteiger partial charge < -0.3 is 15.4 Å². The molecule has 5 nitrogen and oxygen atoms in total. The lowest BCUT2D eigenvalue weighted by atomic mass is 10.0. The summed E-state index contributed by atoms with van der Waals surface area (Å²) in [5.41, 5.74) is 1.20. The van der Waals surface area contributed by atoms with E-state index >= 15 is 0 Å². The Morgan fingerprint density at radius 2 is 1.81 bits per heavy atom. The van der Waals surface area contributed by atoms with Gasteiger partial charge in [0.15, 0.2) is 6.61 Å². The highest BCUT2D eigenvalue weighted by Crippen LogP contribution is 2.10. The second kappa shape index (κ2) is 9.97. The Kier molecular flexibility index (Phi) is 7.66. The zero-order chi connectivity index (χ0) is 18.9. The summed E-state index contributed by atoms with van der Waals surface area (Å²) in [6, 6.07) is 10.6. The Balaban J connectivity index is 1.84. The number of benzene rings is 1. The van der Waals surface area contributed by atoms with E-state index in [2.05, 4.69) is 22.1 Å². The number of thiophene rings is 1. The number of para-hydroxylation sites is 1. The van der Waals surface area contributed by atoms with Crippen LogP contribution >= 0.6 is 11.3 Å². The van der Waals surface area contributed by atoms with E-state index in [4.69, 9.17) is 4.74 Å². The van der Waals surface area contributed by atoms with Gasteiger partial charge in [0.05, 0.1) is 0 Å². The number of ether oxygens (including phenoxy) is 1. The maximum Gasteiger partial charge on any atom is 0.258 e. The molecule has 1 aromatic heterocycles. The predicted molar refractivity (Wildman–Crippen MR) is 104 cm³/mol. The number of carbonyl (C=O) groups is 2. The van der Waals surface area contributed by atoms with Gasteiger partial charge in [-0.2, -0.15) is 11.3 Å². The average molecular weight is 375 g/mol. The fraction of sp³-hybridized carbons (Fsp3) is 0.400. The maximum atomic E-state index is 12.6. The highest BCUT2D eigenvalue weighted by atomic mass is 32.1. The number of nitrogens with one attached hydrogen (secondary N) is 2. The van der Waals surface area contributed by atoms with E-state index in [0.29, 0.717) is 5.75 Å². The SMILES string of the molecule is CC(Cc1ccsc1)NC(=O)C(NC(=O)COc1ccccc1)C(C)C. The van der Waals surface area contributed by atoms with Crippen LogP contribution in [-0.2, 0) is 16.0 Å². The third-order valence-electron chi connectivity index (χ3n) is 3.89. The summed E-state index contributed by atoms with van der Waals surface area (Å²) in [7, 11) is 0. The highest BCUT2D eigenvalue weighted by Gasteiger charge is 2.25. The van der Waals surface area contributed by atoms with Crippen molar-refractivity contribution in [2.75, 3.05) is 6.61 Å². The van der Waals surface area contributed by atoms with Crippen LogP contribution in [0.15, 0.2) is 47.2 Å². The molecule has 2 rings (SSSR count). The van der Waals surface area contributed by atoms with Crippen LogP contribution < -0.4 is 15.4 Å². The van der Waals surface area contributed by atoms with E-state index < -0.39 is 6.04 Å². The van der Waals surface area contributed by atoms with Crippen molar-refractivity contribution in [3.63, 3.8) is 0 Å². The molecule has 2 unspecified atom stereocenters. The van der Waals surface area contributed by atoms with Gasteiger partial charge in [-0.1, -0.05) is 32.0 Å². The smallest absolute Gasteiger partial charge is 0.258 e. The number of rotatable bonds is 9. The molecule has 2 atom stereocenters. The Morgan fingerprint density at radius 1 is 1.08 bits per heavy atom. The number of carbonyl (C=O) groups excluding carboxylic acids is 2. The first kappa shape index (κ1) is 20.0. The van der Waals surface area contributed by atoms with Crippen LogP contribution in [0.4, 0.5) is 0 Å². The lowest BCUT2D eigenvalue weighted by molar-refractivity contribution is -0.131. The van der Waals surface area contributed by atoms with E-state index in [0.717, 1.165) is 6.42 Å². The molecule has 2 aromatic rings. The zero-order valence-corrected chi connectivity index (χ0v) is 16.2. The fourth-order valence-corrected chi connectivity index (χ4v) is 3.24. The lowest BCUT2D eigenvalue weighted by Gasteiger charge is -2.24. The largest absolute Gasteiger partial charge is 0.484 e. The summed E-state index contributed by atoms with van der Waals surface area (Å²) < 4.78 is 5.44. The molecule has 0 saturated heterocycles. The fourth-order valence-electron chi connectivity index (χ4n) is 2.56. The van der Waals surface area contributed by atoms with Crippen LogP contribution in [0.25, 0.3) is 0 Å². The van der Waals surface area contributed by atoms with Gasteiger partial charge in [0, 0.05) is 6.04 Å². The van der Waals surface area contributed by atoms with Crippen molar-refractivity contribution in [1.82, 2.24) is 10.6 Å². The zero-order valence-electron chi connectivity index (χ0n) is 15.4. The van der Waals surface area contributed by atoms with Crippen molar-refractivity contribution in [1.29, 1.82) is 0 Å². The average Bonchev–Trinajstić information content (AvgIpc) is 3.11. The Labute approximate surface area is 158 Å². The van der Waals surface area contributed by atoms with E-state index in [9.17, 15) is 9.59 Å². The molecule has 140 valence electrons. The first-order chi connectivity index (χ1) is 12.5. The lowest BCUT2D eigenvalue weighted by Crippen LogP contribution is -2.52. The van der Waals surface area contributed by atoms with E-state index in [1.807, 2.05) is 44.4 Å². The minimum absolute atomic E-state index is 0.00387. The van der Waals surface area contributed by atoms with E-state index in [1.54, 1.807) is 23.5 Å². The summed E-state index contributed by atoms with van der Waals surface area (Å²) in [6.45, 7) is 5.66. The summed E-state index contributed by atoms with van der Waals surface area (Å²) in [6.07, 6.45) is 0.769. The molecule has 2 N–H and O–H groups in total. The quantitative estimate of drug-likeness (QED) is 0.709. The summed E-state index contributed by atoms with van der Waals surface area (Å²) in [5, 5.41) is 9.86. The Hall–Kier alpha value is -2.34. The number of hydrogen-bond acceptors (Lipinski definition) is 4. The molecule has 0 saturated carbocycles. The molecule has 1 aromatic carbocycles. The highest BCUT2D eigenvalue weighted by molar-refractivity contribution is 7.07. The van der Waals surface area contributed by atoms with Crippen molar-refractivity contribution in [2.24, 2.45) is 5.92 Å². The first-order valence-corrected chi connectivity index (χ1v) is 9.68. The molecule has 0 fully saturated rings. The molecule has 1 heterocycles. The number of hydrogen-bond donors (Lipinski definition) is 2. The second-order valence-electron chi connectivity index (χ2n) is 6.64. The molecule has 0 aliphatic carbocycles. The molecule has 26 heavy (non-hydrogen) atoms. The normalized spacial score (nSPS) is 13.1. The minimum Gasteiger partial charge on any atom is -0.484 e. The van der Waals surface area contributed by atoms with Gasteiger partial charge in [-0.05, 0) is 53.8 Å². The van der Waals surface area contributed by atoms with Crippen molar-refractivity contribution in [3.05, 3.63) is 52.7 Å². The van der Waals surface area contributed by atoms with Gasteiger partial charge in [-0.3, -0.25) is 9.59 Å². The molecule has 0 spiro atoms. The van der Waals surface area contributed by atoms with Gasteiger partial charge in [0.2, 0.25) is 5.91 Å². The molecule has 0 radical (unpaired) electrons. The van der Waals surface area contributed by atoms with Crippen LogP contribution in [0, 0.1) is 5.92 Å². The summed E-state index contributed by atoms with van der Waals surface area (Å²) in [4.78, 5) is 24.7. The Morgan fingerprint density at radius 3 is 2.42 bits per heavy atom. The summed E-state index contributed by atoms with van der Waals surface area (Å²) in [5.74, 6) is 0.116. The summed E-state index contributed by atoms with van der Waals surface area (Å²) >= 11 is 1.64. The maximum absolute atomic E-state index is 12.6. The van der Waals surface area contributed by atoms with Crippen LogP contribution in [0.3, 0.4) is 0 Å². The molecular weight excluding hydrogens is 348 g/mol. The molecule has 0 aliphatic rings. The van der Waals surface area contributed by atoms with Crippen molar-refractivity contribution in [3.8, 4) is 5.75 Å². The molecule has 6 heteroatoms. The molecule has 0 bridgehead atoms. The first-order valence-electron chi connectivity index (χ1n) is 8.74. The van der Waals surface area contributed by atoms with Gasteiger partial charge >= 0.3 is 0 Å². The van der Waals surface area contributed by atoms with E-state index in [-0.39, 0.29) is 30.4 Å². The standard InChI is InChI=1S/C20H26N2O3S/c1-14(2)19(20(24)21-15(3)11-16-9-10-26-13-16)22-18(23)12-25-17-7-5-4-6-8-17/h4-10,13-15,19H,11-12H2,1-3H3,(H,21,24)(H,22,23). The predicted octanol–water partition coefficient (Wildman–Crippen LogP) is 3.02. The second-order valence-corrected chi connectivity index (χ2v) is 7.42. The van der Waals surface area contributed by atoms with Gasteiger partial charge in [0.1, 0.15) is 11.8 Å². The molecular formula is C20H26N2O3S. The number of amides is 2. The van der Waals surface area contributed by atoms with Crippen molar-refractivity contribution < 1.29 is 14.3 Å². The third-order valence-corrected chi connectivity index (χ3v) is 4.62. The minimum atomic E-state index is -0.591. The van der Waals surface area contributed by atoms with E-state index in [1.165, 1.54) is 5.56 Å². The van der Waals surface area contributed by atoms with Crippen LogP contribution in [0.1, 0.15) is 26.3 Å². The molecule has 0 aliphatic heterocycles. The van der Waals surface area contributed by atoms with Crippen LogP contribution in [-0.4, -0.2) is 30.5 Å². The third kappa shape index (κ3) is 6.52. The van der Waals surface area contributed by atoms with Gasteiger partial charge in [-0.15, -0.1) is 0 Å². The van der Waals surface area contributed by atoms with Gasteiger partial charge in [-0.25, -0.2) is 0 Å². The molecule has 2 amide bonds. The monoisotopic (exact) mass is 374 g/mol. The van der Waals surface area contributed by atoms with Crippen molar-refractivity contribution >= 4 is 23.2 Å². The van der Waals surface area contributed by atoms with Gasteiger partial charge in [0.25, 0.3) is 5.91 Å². The van der Waals surface area contributed by atoms with Crippen molar-refractivity contribution in [2.45, 2.75) is 39.3 Å². The topological polar surface area (TPSA) is 67.4 Å². The van der Waals surface area contributed by atoms with Crippen LogP contribution in [0.2, 0.25) is 0 Å². The Bertz CT molecular complexity index is 686.